The lowest BCUT2D eigenvalue weighted by Crippen LogP contribution is -2.43. The van der Waals surface area contributed by atoms with Crippen LogP contribution >= 0.6 is 0 Å². The summed E-state index contributed by atoms with van der Waals surface area (Å²) in [4.78, 5) is 0. The summed E-state index contributed by atoms with van der Waals surface area (Å²) in [5.74, 6) is 0. The number of hydrogen-bond acceptors (Lipinski definition) is 3. The second-order valence-electron chi connectivity index (χ2n) is 4.57. The number of hydrogen-bond donors (Lipinski definition) is 1. The fourth-order valence-electron chi connectivity index (χ4n) is 1.98. The maximum Gasteiger partial charge on any atom is 0.393 e. The number of alkyl halides is 3. The number of anilines is 1. The first-order chi connectivity index (χ1) is 9.78. The fraction of sp³-hybridized carbons (Fsp3) is 0.500. The van der Waals surface area contributed by atoms with Crippen molar-refractivity contribution in [3.05, 3.63) is 29.8 Å². The summed E-state index contributed by atoms with van der Waals surface area (Å²) < 4.78 is 70.2. The third-order valence-corrected chi connectivity index (χ3v) is 4.48. The lowest BCUT2D eigenvalue weighted by molar-refractivity contribution is -0.127. The van der Waals surface area contributed by atoms with Gasteiger partial charge in [-0.05, 0) is 11.6 Å². The van der Waals surface area contributed by atoms with E-state index in [1.807, 2.05) is 0 Å². The first-order valence-corrected chi connectivity index (χ1v) is 7.72. The molecule has 0 aromatic heterocycles. The highest BCUT2D eigenvalue weighted by Gasteiger charge is 2.30. The van der Waals surface area contributed by atoms with Crippen molar-refractivity contribution in [1.82, 2.24) is 4.31 Å². The van der Waals surface area contributed by atoms with Crippen molar-refractivity contribution in [3.63, 3.8) is 0 Å². The van der Waals surface area contributed by atoms with Crippen LogP contribution in [0, 0.1) is 0 Å². The van der Waals surface area contributed by atoms with Gasteiger partial charge in [0.1, 0.15) is 0 Å². The highest BCUT2D eigenvalue weighted by Crippen LogP contribution is 2.27. The van der Waals surface area contributed by atoms with E-state index in [0.29, 0.717) is 0 Å². The zero-order valence-electron chi connectivity index (χ0n) is 11.1. The van der Waals surface area contributed by atoms with Gasteiger partial charge in [0, 0.05) is 13.1 Å². The van der Waals surface area contributed by atoms with Crippen molar-refractivity contribution in [2.45, 2.75) is 12.6 Å². The lowest BCUT2D eigenvalue weighted by atomic mass is 10.1. The Balaban J connectivity index is 2.18. The molecule has 1 N–H and O–H groups in total. The molecule has 0 spiro atoms. The van der Waals surface area contributed by atoms with Crippen LogP contribution in [0.4, 0.5) is 18.9 Å². The van der Waals surface area contributed by atoms with Crippen molar-refractivity contribution in [1.29, 1.82) is 0 Å². The molecule has 0 atom stereocenters. The van der Waals surface area contributed by atoms with Gasteiger partial charge in [-0.15, -0.1) is 0 Å². The lowest BCUT2D eigenvalue weighted by Gasteiger charge is -2.27. The molecule has 1 fully saturated rings. The molecular weight excluding hydrogens is 309 g/mol. The Kier molecular flexibility index (Phi) is 4.74. The van der Waals surface area contributed by atoms with Gasteiger partial charge in [0.05, 0.1) is 25.3 Å². The Morgan fingerprint density at radius 2 is 1.81 bits per heavy atom. The van der Waals surface area contributed by atoms with Crippen molar-refractivity contribution in [2.75, 3.05) is 31.0 Å². The first-order valence-electron chi connectivity index (χ1n) is 6.28. The molecule has 1 aromatic rings. The molecule has 21 heavy (non-hydrogen) atoms. The van der Waals surface area contributed by atoms with Crippen LogP contribution in [0.1, 0.15) is 5.56 Å². The standard InChI is InChI=1S/C12H15F3N2O3S/c13-12(14,15)9-10-3-1-2-4-11(10)16-21(18,19)17-5-7-20-8-6-17/h1-4,16H,5-9H2. The molecule has 1 saturated heterocycles. The number of morpholine rings is 1. The van der Waals surface area contributed by atoms with Gasteiger partial charge < -0.3 is 4.74 Å². The van der Waals surface area contributed by atoms with E-state index in [0.717, 1.165) is 4.31 Å². The molecule has 1 aliphatic rings. The Morgan fingerprint density at radius 1 is 1.19 bits per heavy atom. The molecule has 1 aromatic carbocycles. The molecule has 1 aliphatic heterocycles. The highest BCUT2D eigenvalue weighted by molar-refractivity contribution is 7.90. The van der Waals surface area contributed by atoms with Gasteiger partial charge in [-0.25, -0.2) is 0 Å². The monoisotopic (exact) mass is 324 g/mol. The molecule has 5 nitrogen and oxygen atoms in total. The summed E-state index contributed by atoms with van der Waals surface area (Å²) in [6.45, 7) is 0.893. The summed E-state index contributed by atoms with van der Waals surface area (Å²) in [6.07, 6.45) is -5.59. The van der Waals surface area contributed by atoms with E-state index in [2.05, 4.69) is 4.72 Å². The Hall–Kier alpha value is -1.32. The summed E-state index contributed by atoms with van der Waals surface area (Å²) in [7, 11) is -3.88. The maximum absolute atomic E-state index is 12.5. The van der Waals surface area contributed by atoms with Crippen LogP contribution in [0.5, 0.6) is 0 Å². The SMILES string of the molecule is O=S(=O)(Nc1ccccc1CC(F)(F)F)N1CCOCC1. The Bertz CT molecular complexity index is 584. The second-order valence-corrected chi connectivity index (χ2v) is 6.24. The molecule has 1 heterocycles. The van der Waals surface area contributed by atoms with E-state index in [1.165, 1.54) is 24.3 Å². The van der Waals surface area contributed by atoms with Gasteiger partial charge in [-0.1, -0.05) is 18.2 Å². The molecule has 0 saturated carbocycles. The largest absolute Gasteiger partial charge is 0.393 e. The predicted molar refractivity (Wildman–Crippen MR) is 71.1 cm³/mol. The van der Waals surface area contributed by atoms with E-state index < -0.39 is 22.8 Å². The third kappa shape index (κ3) is 4.58. The van der Waals surface area contributed by atoms with Crippen LogP contribution in [0.2, 0.25) is 0 Å². The molecule has 0 amide bonds. The van der Waals surface area contributed by atoms with Gasteiger partial charge in [0.25, 0.3) is 0 Å². The summed E-state index contributed by atoms with van der Waals surface area (Å²) in [6, 6.07) is 5.49. The molecule has 2 rings (SSSR count). The first kappa shape index (κ1) is 16.1. The topological polar surface area (TPSA) is 58.6 Å². The average Bonchev–Trinajstić information content (AvgIpc) is 2.40. The van der Waals surface area contributed by atoms with E-state index in [4.69, 9.17) is 4.74 Å². The average molecular weight is 324 g/mol. The summed E-state index contributed by atoms with van der Waals surface area (Å²) in [5, 5.41) is 0. The van der Waals surface area contributed by atoms with Crippen molar-refractivity contribution in [3.8, 4) is 0 Å². The van der Waals surface area contributed by atoms with Gasteiger partial charge >= 0.3 is 16.4 Å². The highest BCUT2D eigenvalue weighted by atomic mass is 32.2. The molecule has 0 aliphatic carbocycles. The van der Waals surface area contributed by atoms with E-state index >= 15 is 0 Å². The van der Waals surface area contributed by atoms with Crippen molar-refractivity contribution in [2.24, 2.45) is 0 Å². The number of rotatable bonds is 4. The maximum atomic E-state index is 12.5. The number of para-hydroxylation sites is 1. The molecule has 0 unspecified atom stereocenters. The van der Waals surface area contributed by atoms with E-state index in [-0.39, 0.29) is 37.6 Å². The van der Waals surface area contributed by atoms with Crippen LogP contribution in [0.25, 0.3) is 0 Å². The summed E-state index contributed by atoms with van der Waals surface area (Å²) in [5.41, 5.74) is -0.164. The third-order valence-electron chi connectivity index (χ3n) is 2.96. The van der Waals surface area contributed by atoms with Gasteiger partial charge in [0.2, 0.25) is 0 Å². The zero-order valence-corrected chi connectivity index (χ0v) is 11.9. The number of nitrogens with one attached hydrogen (secondary N) is 1. The second kappa shape index (κ2) is 6.20. The quantitative estimate of drug-likeness (QED) is 0.918. The van der Waals surface area contributed by atoms with E-state index in [1.54, 1.807) is 0 Å². The molecular formula is C12H15F3N2O3S. The van der Waals surface area contributed by atoms with Crippen LogP contribution in [-0.4, -0.2) is 45.2 Å². The molecule has 0 radical (unpaired) electrons. The van der Waals surface area contributed by atoms with Crippen molar-refractivity contribution < 1.29 is 26.3 Å². The van der Waals surface area contributed by atoms with Gasteiger partial charge in [0.15, 0.2) is 0 Å². The van der Waals surface area contributed by atoms with Crippen LogP contribution < -0.4 is 4.72 Å². The normalized spacial score (nSPS) is 17.7. The van der Waals surface area contributed by atoms with Crippen LogP contribution in [0.15, 0.2) is 24.3 Å². The number of halogens is 3. The van der Waals surface area contributed by atoms with Crippen molar-refractivity contribution >= 4 is 15.9 Å². The minimum atomic E-state index is -4.40. The number of benzene rings is 1. The number of ether oxygens (including phenoxy) is 1. The predicted octanol–water partition coefficient (Wildman–Crippen LogP) is 1.78. The molecule has 118 valence electrons. The molecule has 9 heteroatoms. The minimum Gasteiger partial charge on any atom is -0.379 e. The zero-order chi connectivity index (χ0) is 15.5. The smallest absolute Gasteiger partial charge is 0.379 e. The van der Waals surface area contributed by atoms with Crippen LogP contribution in [0.3, 0.4) is 0 Å². The fourth-order valence-corrected chi connectivity index (χ4v) is 3.22. The number of nitrogens with zero attached hydrogens (tertiary/aromatic N) is 1. The molecule has 0 bridgehead atoms. The van der Waals surface area contributed by atoms with E-state index in [9.17, 15) is 21.6 Å². The Labute approximate surface area is 120 Å². The van der Waals surface area contributed by atoms with Gasteiger partial charge in [-0.3, -0.25) is 4.72 Å². The summed E-state index contributed by atoms with van der Waals surface area (Å²) >= 11 is 0. The van der Waals surface area contributed by atoms with Crippen LogP contribution in [-0.2, 0) is 21.4 Å². The van der Waals surface area contributed by atoms with Gasteiger partial charge in [-0.2, -0.15) is 25.9 Å². The Morgan fingerprint density at radius 3 is 2.43 bits per heavy atom. The minimum absolute atomic E-state index is 0.0543.